The summed E-state index contributed by atoms with van der Waals surface area (Å²) in [6.07, 6.45) is 0. The zero-order chi connectivity index (χ0) is 15.7. The van der Waals surface area contributed by atoms with Crippen LogP contribution in [0.5, 0.6) is 0 Å². The number of rotatable bonds is 4. The van der Waals surface area contributed by atoms with Crippen molar-refractivity contribution in [1.82, 2.24) is 10.1 Å². The van der Waals surface area contributed by atoms with Gasteiger partial charge >= 0.3 is 0 Å². The van der Waals surface area contributed by atoms with Crippen LogP contribution in [0.4, 0.5) is 5.69 Å². The summed E-state index contributed by atoms with van der Waals surface area (Å²) in [5.41, 5.74) is 9.63. The molecule has 0 atom stereocenters. The second-order valence-corrected chi connectivity index (χ2v) is 5.64. The first-order valence-corrected chi connectivity index (χ1v) is 7.33. The molecular weight excluding hydrogens is 278 g/mol. The first-order chi connectivity index (χ1) is 10.6. The molecule has 6 heteroatoms. The van der Waals surface area contributed by atoms with Crippen molar-refractivity contribution in [3.05, 3.63) is 35.6 Å². The monoisotopic (exact) mass is 299 g/mol. The van der Waals surface area contributed by atoms with Crippen LogP contribution in [-0.4, -0.2) is 50.1 Å². The Kier molecular flexibility index (Phi) is 3.85. The number of amidine groups is 1. The number of nitrogens with two attached hydrogens (primary N) is 1. The van der Waals surface area contributed by atoms with E-state index in [9.17, 15) is 0 Å². The lowest BCUT2D eigenvalue weighted by Gasteiger charge is -2.20. The van der Waals surface area contributed by atoms with Crippen molar-refractivity contribution < 1.29 is 4.52 Å². The molecule has 2 heterocycles. The predicted molar refractivity (Wildman–Crippen MR) is 88.2 cm³/mol. The standard InChI is InChI=1S/C16H21N5O/c1-20(2)15-8-11(16-18-6-7-21(16)3)4-5-13(15)14-9-12(10-17)22-19-14/h4-5,8-9H,6-7,10,17H2,1-3H3. The molecule has 6 nitrogen and oxygen atoms in total. The fourth-order valence-electron chi connectivity index (χ4n) is 2.64. The van der Waals surface area contributed by atoms with E-state index < -0.39 is 0 Å². The molecule has 0 unspecified atom stereocenters. The quantitative estimate of drug-likeness (QED) is 0.927. The van der Waals surface area contributed by atoms with Crippen LogP contribution in [0.25, 0.3) is 11.3 Å². The van der Waals surface area contributed by atoms with Crippen LogP contribution in [0.1, 0.15) is 11.3 Å². The van der Waals surface area contributed by atoms with Gasteiger partial charge in [0.2, 0.25) is 0 Å². The lowest BCUT2D eigenvalue weighted by atomic mass is 10.0. The van der Waals surface area contributed by atoms with E-state index >= 15 is 0 Å². The Labute approximate surface area is 130 Å². The highest BCUT2D eigenvalue weighted by molar-refractivity contribution is 6.01. The maximum atomic E-state index is 5.60. The van der Waals surface area contributed by atoms with Gasteiger partial charge in [0.05, 0.1) is 13.1 Å². The van der Waals surface area contributed by atoms with Gasteiger partial charge in [-0.25, -0.2) is 0 Å². The maximum absolute atomic E-state index is 5.60. The predicted octanol–water partition coefficient (Wildman–Crippen LogP) is 1.56. The van der Waals surface area contributed by atoms with Gasteiger partial charge in [0.25, 0.3) is 0 Å². The van der Waals surface area contributed by atoms with Crippen molar-refractivity contribution in [3.8, 4) is 11.3 Å². The number of aliphatic imine (C=N–C) groups is 1. The molecule has 0 saturated heterocycles. The summed E-state index contributed by atoms with van der Waals surface area (Å²) in [5.74, 6) is 1.72. The molecule has 0 radical (unpaired) electrons. The molecule has 1 aliphatic heterocycles. The zero-order valence-electron chi connectivity index (χ0n) is 13.2. The first kappa shape index (κ1) is 14.6. The Morgan fingerprint density at radius 2 is 2.14 bits per heavy atom. The summed E-state index contributed by atoms with van der Waals surface area (Å²) >= 11 is 0. The number of hydrogen-bond acceptors (Lipinski definition) is 6. The van der Waals surface area contributed by atoms with E-state index in [-0.39, 0.29) is 0 Å². The maximum Gasteiger partial charge on any atom is 0.150 e. The Bertz CT molecular complexity index is 704. The third-order valence-corrected chi connectivity index (χ3v) is 3.83. The molecule has 1 aromatic carbocycles. The molecule has 0 fully saturated rings. The van der Waals surface area contributed by atoms with E-state index in [1.54, 1.807) is 0 Å². The summed E-state index contributed by atoms with van der Waals surface area (Å²) in [6, 6.07) is 8.19. The van der Waals surface area contributed by atoms with E-state index in [1.807, 2.05) is 20.2 Å². The van der Waals surface area contributed by atoms with Crippen molar-refractivity contribution in [1.29, 1.82) is 0 Å². The second kappa shape index (κ2) is 5.81. The molecule has 1 aliphatic rings. The number of nitrogens with zero attached hydrogens (tertiary/aromatic N) is 4. The van der Waals surface area contributed by atoms with E-state index in [2.05, 4.69) is 45.2 Å². The third kappa shape index (κ3) is 2.57. The number of benzene rings is 1. The first-order valence-electron chi connectivity index (χ1n) is 7.33. The van der Waals surface area contributed by atoms with E-state index in [0.29, 0.717) is 12.3 Å². The third-order valence-electron chi connectivity index (χ3n) is 3.83. The largest absolute Gasteiger partial charge is 0.377 e. The lowest BCUT2D eigenvalue weighted by Crippen LogP contribution is -2.23. The molecule has 0 bridgehead atoms. The molecule has 22 heavy (non-hydrogen) atoms. The average Bonchev–Trinajstić information content (AvgIpc) is 3.15. The van der Waals surface area contributed by atoms with Gasteiger partial charge in [0.15, 0.2) is 5.76 Å². The fourth-order valence-corrected chi connectivity index (χ4v) is 2.64. The molecule has 1 aromatic heterocycles. The molecule has 0 aliphatic carbocycles. The van der Waals surface area contributed by atoms with Gasteiger partial charge in [0.1, 0.15) is 11.5 Å². The highest BCUT2D eigenvalue weighted by atomic mass is 16.5. The van der Waals surface area contributed by atoms with Gasteiger partial charge in [-0.2, -0.15) is 0 Å². The molecule has 3 rings (SSSR count). The van der Waals surface area contributed by atoms with Gasteiger partial charge in [-0.15, -0.1) is 0 Å². The average molecular weight is 299 g/mol. The SMILES string of the molecule is CN1CCN=C1c1ccc(-c2cc(CN)on2)c(N(C)C)c1. The van der Waals surface area contributed by atoms with E-state index in [0.717, 1.165) is 41.4 Å². The number of aromatic nitrogens is 1. The van der Waals surface area contributed by atoms with Crippen molar-refractivity contribution in [2.45, 2.75) is 6.54 Å². The molecule has 2 aromatic rings. The highest BCUT2D eigenvalue weighted by Gasteiger charge is 2.18. The van der Waals surface area contributed by atoms with E-state index in [1.165, 1.54) is 0 Å². The molecule has 0 saturated carbocycles. The summed E-state index contributed by atoms with van der Waals surface area (Å²) in [5, 5.41) is 4.12. The van der Waals surface area contributed by atoms with Crippen LogP contribution in [0.15, 0.2) is 33.8 Å². The van der Waals surface area contributed by atoms with Crippen molar-refractivity contribution >= 4 is 11.5 Å². The minimum atomic E-state index is 0.351. The minimum absolute atomic E-state index is 0.351. The molecular formula is C16H21N5O. The fraction of sp³-hybridized carbons (Fsp3) is 0.375. The summed E-state index contributed by atoms with van der Waals surface area (Å²) in [4.78, 5) is 8.83. The molecule has 0 amide bonds. The van der Waals surface area contributed by atoms with Crippen molar-refractivity contribution in [2.24, 2.45) is 10.7 Å². The Hall–Kier alpha value is -2.34. The van der Waals surface area contributed by atoms with E-state index in [4.69, 9.17) is 10.3 Å². The normalized spacial score (nSPS) is 14.4. The zero-order valence-corrected chi connectivity index (χ0v) is 13.2. The van der Waals surface area contributed by atoms with Crippen molar-refractivity contribution in [2.75, 3.05) is 39.1 Å². The molecule has 2 N–H and O–H groups in total. The Morgan fingerprint density at radius 1 is 1.32 bits per heavy atom. The molecule has 116 valence electrons. The number of likely N-dealkylation sites (N-methyl/N-ethyl adjacent to an activating group) is 1. The summed E-state index contributed by atoms with van der Waals surface area (Å²) in [7, 11) is 6.11. The van der Waals surface area contributed by atoms with Gasteiger partial charge in [-0.3, -0.25) is 4.99 Å². The summed E-state index contributed by atoms with van der Waals surface area (Å²) in [6.45, 7) is 2.18. The lowest BCUT2D eigenvalue weighted by molar-refractivity contribution is 0.387. The van der Waals surface area contributed by atoms with Crippen LogP contribution < -0.4 is 10.6 Å². The highest BCUT2D eigenvalue weighted by Crippen LogP contribution is 2.31. The Morgan fingerprint density at radius 3 is 2.73 bits per heavy atom. The van der Waals surface area contributed by atoms with Crippen molar-refractivity contribution in [3.63, 3.8) is 0 Å². The number of anilines is 1. The van der Waals surface area contributed by atoms with Crippen LogP contribution in [-0.2, 0) is 6.54 Å². The van der Waals surface area contributed by atoms with Crippen LogP contribution in [0.2, 0.25) is 0 Å². The second-order valence-electron chi connectivity index (χ2n) is 5.64. The summed E-state index contributed by atoms with van der Waals surface area (Å²) < 4.78 is 5.22. The number of hydrogen-bond donors (Lipinski definition) is 1. The smallest absolute Gasteiger partial charge is 0.150 e. The van der Waals surface area contributed by atoms with Gasteiger partial charge in [0, 0.05) is 50.6 Å². The van der Waals surface area contributed by atoms with Gasteiger partial charge in [-0.05, 0) is 12.1 Å². The Balaban J connectivity index is 2.04. The van der Waals surface area contributed by atoms with Gasteiger partial charge in [-0.1, -0.05) is 11.2 Å². The molecule has 0 spiro atoms. The van der Waals surface area contributed by atoms with Crippen LogP contribution in [0.3, 0.4) is 0 Å². The van der Waals surface area contributed by atoms with Crippen LogP contribution in [0, 0.1) is 0 Å². The van der Waals surface area contributed by atoms with Gasteiger partial charge < -0.3 is 20.1 Å². The minimum Gasteiger partial charge on any atom is -0.377 e. The topological polar surface area (TPSA) is 70.9 Å². The van der Waals surface area contributed by atoms with Crippen LogP contribution >= 0.6 is 0 Å².